The van der Waals surface area contributed by atoms with E-state index in [1.165, 1.54) is 4.88 Å². The zero-order chi connectivity index (χ0) is 12.7. The molecule has 2 N–H and O–H groups in total. The molecule has 0 saturated carbocycles. The Labute approximate surface area is 108 Å². The van der Waals surface area contributed by atoms with E-state index in [4.69, 9.17) is 5.73 Å². The van der Waals surface area contributed by atoms with Crippen molar-refractivity contribution in [2.24, 2.45) is 11.7 Å². The van der Waals surface area contributed by atoms with Gasteiger partial charge in [-0.15, -0.1) is 11.3 Å². The second-order valence-electron chi connectivity index (χ2n) is 4.55. The van der Waals surface area contributed by atoms with E-state index in [-0.39, 0.29) is 5.91 Å². The summed E-state index contributed by atoms with van der Waals surface area (Å²) in [5.41, 5.74) is 5.49. The number of hydrogen-bond donors (Lipinski definition) is 1. The minimum Gasteiger partial charge on any atom is -0.341 e. The molecule has 0 radical (unpaired) electrons. The first-order chi connectivity index (χ1) is 8.13. The van der Waals surface area contributed by atoms with Crippen LogP contribution in [-0.2, 0) is 11.3 Å². The molecule has 0 saturated heterocycles. The summed E-state index contributed by atoms with van der Waals surface area (Å²) in [5.74, 6) is 0.765. The van der Waals surface area contributed by atoms with Crippen LogP contribution in [-0.4, -0.2) is 24.4 Å². The summed E-state index contributed by atoms with van der Waals surface area (Å²) in [6.45, 7) is 3.58. The lowest BCUT2D eigenvalue weighted by molar-refractivity contribution is -0.130. The van der Waals surface area contributed by atoms with Gasteiger partial charge in [0, 0.05) is 18.3 Å². The number of rotatable bonds is 7. The second kappa shape index (κ2) is 7.45. The highest BCUT2D eigenvalue weighted by atomic mass is 32.1. The van der Waals surface area contributed by atoms with Gasteiger partial charge in [0.25, 0.3) is 0 Å². The lowest BCUT2D eigenvalue weighted by Gasteiger charge is -2.17. The Morgan fingerprint density at radius 3 is 2.88 bits per heavy atom. The summed E-state index contributed by atoms with van der Waals surface area (Å²) in [6, 6.07) is 4.08. The van der Waals surface area contributed by atoms with E-state index in [2.05, 4.69) is 13.0 Å². The topological polar surface area (TPSA) is 46.3 Å². The van der Waals surface area contributed by atoms with Gasteiger partial charge < -0.3 is 10.6 Å². The van der Waals surface area contributed by atoms with Crippen molar-refractivity contribution in [3.8, 4) is 0 Å². The van der Waals surface area contributed by atoms with Crippen LogP contribution in [0.2, 0.25) is 0 Å². The van der Waals surface area contributed by atoms with Crippen LogP contribution in [0.4, 0.5) is 0 Å². The normalized spacial score (nSPS) is 12.4. The molecule has 1 aromatic heterocycles. The second-order valence-corrected chi connectivity index (χ2v) is 5.58. The maximum Gasteiger partial charge on any atom is 0.222 e. The highest BCUT2D eigenvalue weighted by Gasteiger charge is 2.11. The third kappa shape index (κ3) is 5.33. The highest BCUT2D eigenvalue weighted by molar-refractivity contribution is 7.09. The standard InChI is InChI=1S/C13H22N2OS/c1-11(7-8-14)5-6-13(16)15(2)10-12-4-3-9-17-12/h3-4,9,11H,5-8,10,14H2,1-2H3. The summed E-state index contributed by atoms with van der Waals surface area (Å²) in [7, 11) is 1.87. The number of nitrogens with zero attached hydrogens (tertiary/aromatic N) is 1. The van der Waals surface area contributed by atoms with Gasteiger partial charge in [0.15, 0.2) is 0 Å². The predicted octanol–water partition coefficient (Wildman–Crippen LogP) is 2.47. The number of amides is 1. The Bertz CT molecular complexity index is 324. The molecule has 0 bridgehead atoms. The zero-order valence-electron chi connectivity index (χ0n) is 10.7. The maximum atomic E-state index is 11.9. The number of nitrogens with two attached hydrogens (primary N) is 1. The first kappa shape index (κ1) is 14.2. The molecule has 1 amide bonds. The van der Waals surface area contributed by atoms with Crippen molar-refractivity contribution in [3.63, 3.8) is 0 Å². The van der Waals surface area contributed by atoms with E-state index < -0.39 is 0 Å². The molecule has 1 heterocycles. The van der Waals surface area contributed by atoms with E-state index >= 15 is 0 Å². The van der Waals surface area contributed by atoms with Gasteiger partial charge in [-0.25, -0.2) is 0 Å². The van der Waals surface area contributed by atoms with E-state index in [1.54, 1.807) is 16.2 Å². The van der Waals surface area contributed by atoms with E-state index in [0.717, 1.165) is 19.4 Å². The molecule has 0 spiro atoms. The largest absolute Gasteiger partial charge is 0.341 e. The molecule has 4 heteroatoms. The minimum absolute atomic E-state index is 0.224. The summed E-state index contributed by atoms with van der Waals surface area (Å²) in [4.78, 5) is 14.9. The van der Waals surface area contributed by atoms with Gasteiger partial charge in [-0.3, -0.25) is 4.79 Å². The smallest absolute Gasteiger partial charge is 0.222 e. The molecule has 1 atom stereocenters. The maximum absolute atomic E-state index is 11.9. The van der Waals surface area contributed by atoms with Crippen molar-refractivity contribution in [3.05, 3.63) is 22.4 Å². The fourth-order valence-corrected chi connectivity index (χ4v) is 2.47. The Balaban J connectivity index is 2.27. The van der Waals surface area contributed by atoms with Crippen LogP contribution in [0.25, 0.3) is 0 Å². The van der Waals surface area contributed by atoms with Crippen molar-refractivity contribution in [1.29, 1.82) is 0 Å². The van der Waals surface area contributed by atoms with E-state index in [1.807, 2.05) is 18.5 Å². The Morgan fingerprint density at radius 1 is 1.53 bits per heavy atom. The molecule has 0 aliphatic heterocycles. The summed E-state index contributed by atoms with van der Waals surface area (Å²) >= 11 is 1.69. The molecule has 17 heavy (non-hydrogen) atoms. The Hall–Kier alpha value is -0.870. The molecule has 0 aromatic carbocycles. The molecule has 1 unspecified atom stereocenters. The molecule has 0 aliphatic rings. The van der Waals surface area contributed by atoms with Gasteiger partial charge >= 0.3 is 0 Å². The fourth-order valence-electron chi connectivity index (χ4n) is 1.71. The molecule has 1 aromatic rings. The van der Waals surface area contributed by atoms with E-state index in [9.17, 15) is 4.79 Å². The monoisotopic (exact) mass is 254 g/mol. The van der Waals surface area contributed by atoms with Gasteiger partial charge in [-0.2, -0.15) is 0 Å². The van der Waals surface area contributed by atoms with Crippen molar-refractivity contribution in [2.75, 3.05) is 13.6 Å². The first-order valence-corrected chi connectivity index (χ1v) is 6.98. The lowest BCUT2D eigenvalue weighted by atomic mass is 10.0. The van der Waals surface area contributed by atoms with Gasteiger partial charge in [0.1, 0.15) is 0 Å². The number of carbonyl (C=O) groups excluding carboxylic acids is 1. The zero-order valence-corrected chi connectivity index (χ0v) is 11.5. The van der Waals surface area contributed by atoms with Gasteiger partial charge in [0.05, 0.1) is 6.54 Å². The van der Waals surface area contributed by atoms with Gasteiger partial charge in [-0.1, -0.05) is 13.0 Å². The van der Waals surface area contributed by atoms with E-state index in [0.29, 0.717) is 18.9 Å². The fraction of sp³-hybridized carbons (Fsp3) is 0.615. The Morgan fingerprint density at radius 2 is 2.29 bits per heavy atom. The number of hydrogen-bond acceptors (Lipinski definition) is 3. The third-order valence-electron chi connectivity index (χ3n) is 2.91. The minimum atomic E-state index is 0.224. The number of thiophene rings is 1. The molecule has 0 fully saturated rings. The van der Waals surface area contributed by atoms with Crippen molar-refractivity contribution in [1.82, 2.24) is 4.90 Å². The molecule has 96 valence electrons. The van der Waals surface area contributed by atoms with Gasteiger partial charge in [-0.05, 0) is 36.8 Å². The van der Waals surface area contributed by atoms with Crippen LogP contribution in [0.3, 0.4) is 0 Å². The van der Waals surface area contributed by atoms with Crippen LogP contribution >= 0.6 is 11.3 Å². The molecular formula is C13H22N2OS. The molecule has 0 aliphatic carbocycles. The first-order valence-electron chi connectivity index (χ1n) is 6.10. The average Bonchev–Trinajstić information content (AvgIpc) is 2.79. The SMILES string of the molecule is CC(CCN)CCC(=O)N(C)Cc1cccs1. The quantitative estimate of drug-likeness (QED) is 0.812. The number of carbonyl (C=O) groups is 1. The molecule has 1 rings (SSSR count). The predicted molar refractivity (Wildman–Crippen MR) is 72.9 cm³/mol. The Kier molecular flexibility index (Phi) is 6.22. The molecule has 3 nitrogen and oxygen atoms in total. The van der Waals surface area contributed by atoms with Crippen LogP contribution < -0.4 is 5.73 Å². The summed E-state index contributed by atoms with van der Waals surface area (Å²) in [5, 5.41) is 2.04. The van der Waals surface area contributed by atoms with Gasteiger partial charge in [0.2, 0.25) is 5.91 Å². The van der Waals surface area contributed by atoms with Crippen LogP contribution in [0.15, 0.2) is 17.5 Å². The van der Waals surface area contributed by atoms with Crippen LogP contribution in [0, 0.1) is 5.92 Å². The average molecular weight is 254 g/mol. The third-order valence-corrected chi connectivity index (χ3v) is 3.77. The van der Waals surface area contributed by atoms with Crippen molar-refractivity contribution >= 4 is 17.2 Å². The summed E-state index contributed by atoms with van der Waals surface area (Å²) in [6.07, 6.45) is 2.57. The highest BCUT2D eigenvalue weighted by Crippen LogP contribution is 2.14. The van der Waals surface area contributed by atoms with Crippen LogP contribution in [0.5, 0.6) is 0 Å². The van der Waals surface area contributed by atoms with Crippen molar-refractivity contribution < 1.29 is 4.79 Å². The molecular weight excluding hydrogens is 232 g/mol. The van der Waals surface area contributed by atoms with Crippen molar-refractivity contribution in [2.45, 2.75) is 32.7 Å². The van der Waals surface area contributed by atoms with Crippen LogP contribution in [0.1, 0.15) is 31.1 Å². The lowest BCUT2D eigenvalue weighted by Crippen LogP contribution is -2.26. The summed E-state index contributed by atoms with van der Waals surface area (Å²) < 4.78 is 0.